The van der Waals surface area contributed by atoms with E-state index in [2.05, 4.69) is 35.1 Å². The first-order valence-corrected chi connectivity index (χ1v) is 7.84. The molecular weight excluding hydrogens is 357 g/mol. The molecule has 0 heterocycles. The van der Waals surface area contributed by atoms with Gasteiger partial charge >= 0.3 is 0 Å². The lowest BCUT2D eigenvalue weighted by Crippen LogP contribution is -2.17. The van der Waals surface area contributed by atoms with Gasteiger partial charge in [-0.1, -0.05) is 24.6 Å². The van der Waals surface area contributed by atoms with E-state index in [1.165, 1.54) is 18.2 Å². The smallest absolute Gasteiger partial charge is 0.146 e. The highest BCUT2D eigenvalue weighted by molar-refractivity contribution is 9.10. The third-order valence-electron chi connectivity index (χ3n) is 3.08. The van der Waals surface area contributed by atoms with E-state index in [1.807, 2.05) is 18.2 Å². The minimum atomic E-state index is -0.388. The van der Waals surface area contributed by atoms with Crippen LogP contribution in [0.15, 0.2) is 40.9 Å². The Morgan fingerprint density at radius 1 is 1.24 bits per heavy atom. The number of nitrogens with one attached hydrogen (secondary N) is 1. The molecule has 2 aromatic rings. The lowest BCUT2D eigenvalue weighted by Gasteiger charge is -2.15. The fourth-order valence-electron chi connectivity index (χ4n) is 1.97. The summed E-state index contributed by atoms with van der Waals surface area (Å²) in [6.45, 7) is 5.07. The molecule has 0 spiro atoms. The monoisotopic (exact) mass is 371 g/mol. The van der Waals surface area contributed by atoms with Crippen LogP contribution in [-0.4, -0.2) is 6.54 Å². The molecule has 0 aliphatic carbocycles. The highest BCUT2D eigenvalue weighted by Crippen LogP contribution is 2.35. The van der Waals surface area contributed by atoms with Crippen LogP contribution in [0.5, 0.6) is 11.5 Å². The van der Waals surface area contributed by atoms with Crippen LogP contribution >= 0.6 is 27.5 Å². The summed E-state index contributed by atoms with van der Waals surface area (Å²) >= 11 is 9.46. The summed E-state index contributed by atoms with van der Waals surface area (Å²) in [5.41, 5.74) is 1.15. The zero-order valence-corrected chi connectivity index (χ0v) is 14.1. The van der Waals surface area contributed by atoms with Gasteiger partial charge in [0, 0.05) is 6.04 Å². The molecule has 0 saturated heterocycles. The summed E-state index contributed by atoms with van der Waals surface area (Å²) in [5, 5.41) is 3.59. The second-order valence-electron chi connectivity index (χ2n) is 4.65. The zero-order valence-electron chi connectivity index (χ0n) is 11.8. The normalized spacial score (nSPS) is 12.2. The highest BCUT2D eigenvalue weighted by atomic mass is 79.9. The average Bonchev–Trinajstić information content (AvgIpc) is 2.44. The van der Waals surface area contributed by atoms with Gasteiger partial charge in [-0.05, 0) is 65.3 Å². The Kier molecular flexibility index (Phi) is 5.62. The second kappa shape index (κ2) is 7.25. The third kappa shape index (κ3) is 4.19. The molecule has 2 nitrogen and oxygen atoms in total. The minimum absolute atomic E-state index is 0.243. The topological polar surface area (TPSA) is 21.3 Å². The maximum Gasteiger partial charge on any atom is 0.146 e. The van der Waals surface area contributed by atoms with E-state index in [9.17, 15) is 4.39 Å². The van der Waals surface area contributed by atoms with Gasteiger partial charge in [-0.25, -0.2) is 4.39 Å². The molecule has 2 aromatic carbocycles. The van der Waals surface area contributed by atoms with Gasteiger partial charge in [0.05, 0.1) is 9.50 Å². The Hall–Kier alpha value is -1.10. The molecule has 21 heavy (non-hydrogen) atoms. The molecule has 2 rings (SSSR count). The van der Waals surface area contributed by atoms with E-state index in [-0.39, 0.29) is 16.9 Å². The predicted octanol–water partition coefficient (Wildman–Crippen LogP) is 5.70. The van der Waals surface area contributed by atoms with Crippen LogP contribution in [0.1, 0.15) is 25.5 Å². The quantitative estimate of drug-likeness (QED) is 0.726. The second-order valence-corrected chi connectivity index (χ2v) is 5.91. The first-order valence-electron chi connectivity index (χ1n) is 6.67. The van der Waals surface area contributed by atoms with Crippen molar-refractivity contribution in [3.63, 3.8) is 0 Å². The largest absolute Gasteiger partial charge is 0.455 e. The molecule has 0 amide bonds. The molecule has 1 N–H and O–H groups in total. The average molecular weight is 373 g/mol. The summed E-state index contributed by atoms with van der Waals surface area (Å²) in [4.78, 5) is 0. The number of benzene rings is 2. The standard InChI is InChI=1S/C16H16BrClFNO/c1-3-20-10(2)11-4-6-15(13(17)8-11)21-16-7-5-12(19)9-14(16)18/h4-10,20H,3H2,1-2H3. The molecule has 5 heteroatoms. The summed E-state index contributed by atoms with van der Waals surface area (Å²) in [6.07, 6.45) is 0. The van der Waals surface area contributed by atoms with Gasteiger partial charge in [0.15, 0.2) is 0 Å². The number of hydrogen-bond donors (Lipinski definition) is 1. The van der Waals surface area contributed by atoms with E-state index < -0.39 is 0 Å². The zero-order chi connectivity index (χ0) is 15.4. The van der Waals surface area contributed by atoms with Crippen molar-refractivity contribution in [2.24, 2.45) is 0 Å². The van der Waals surface area contributed by atoms with Crippen molar-refractivity contribution in [2.75, 3.05) is 6.54 Å². The maximum absolute atomic E-state index is 13.0. The van der Waals surface area contributed by atoms with Gasteiger partial charge < -0.3 is 10.1 Å². The molecule has 112 valence electrons. The minimum Gasteiger partial charge on any atom is -0.455 e. The van der Waals surface area contributed by atoms with Gasteiger partial charge in [0.1, 0.15) is 17.3 Å². The van der Waals surface area contributed by atoms with E-state index in [1.54, 1.807) is 0 Å². The Morgan fingerprint density at radius 2 is 1.95 bits per heavy atom. The van der Waals surface area contributed by atoms with E-state index in [0.717, 1.165) is 16.6 Å². The molecule has 1 atom stereocenters. The predicted molar refractivity (Wildman–Crippen MR) is 87.7 cm³/mol. The molecule has 0 fully saturated rings. The molecule has 0 saturated carbocycles. The van der Waals surface area contributed by atoms with Crippen LogP contribution in [0.25, 0.3) is 0 Å². The van der Waals surface area contributed by atoms with E-state index in [0.29, 0.717) is 11.5 Å². The van der Waals surface area contributed by atoms with Gasteiger partial charge in [-0.15, -0.1) is 0 Å². The number of rotatable bonds is 5. The van der Waals surface area contributed by atoms with Crippen LogP contribution < -0.4 is 10.1 Å². The Labute approximate surface area is 137 Å². The van der Waals surface area contributed by atoms with Crippen LogP contribution in [0.2, 0.25) is 5.02 Å². The van der Waals surface area contributed by atoms with Gasteiger partial charge in [-0.3, -0.25) is 0 Å². The molecule has 1 unspecified atom stereocenters. The van der Waals surface area contributed by atoms with Crippen molar-refractivity contribution in [1.29, 1.82) is 0 Å². The molecular formula is C16H16BrClFNO. The lowest BCUT2D eigenvalue weighted by atomic mass is 10.1. The fraction of sp³-hybridized carbons (Fsp3) is 0.250. The van der Waals surface area contributed by atoms with Crippen LogP contribution in [0.3, 0.4) is 0 Å². The van der Waals surface area contributed by atoms with Crippen LogP contribution in [-0.2, 0) is 0 Å². The maximum atomic E-state index is 13.0. The lowest BCUT2D eigenvalue weighted by molar-refractivity contribution is 0.477. The van der Waals surface area contributed by atoms with E-state index >= 15 is 0 Å². The van der Waals surface area contributed by atoms with Crippen molar-refractivity contribution in [3.8, 4) is 11.5 Å². The number of ether oxygens (including phenoxy) is 1. The summed E-state index contributed by atoms with van der Waals surface area (Å²) < 4.78 is 19.6. The van der Waals surface area contributed by atoms with Crippen molar-refractivity contribution < 1.29 is 9.13 Å². The van der Waals surface area contributed by atoms with Crippen LogP contribution in [0.4, 0.5) is 4.39 Å². The van der Waals surface area contributed by atoms with E-state index in [4.69, 9.17) is 16.3 Å². The fourth-order valence-corrected chi connectivity index (χ4v) is 2.65. The Morgan fingerprint density at radius 3 is 2.57 bits per heavy atom. The summed E-state index contributed by atoms with van der Waals surface area (Å²) in [6, 6.07) is 10.2. The number of halogens is 3. The van der Waals surface area contributed by atoms with Crippen molar-refractivity contribution in [1.82, 2.24) is 5.32 Å². The Bertz CT molecular complexity index is 636. The molecule has 0 aliphatic rings. The first-order chi connectivity index (χ1) is 10.0. The van der Waals surface area contributed by atoms with Crippen LogP contribution in [0, 0.1) is 5.82 Å². The Balaban J connectivity index is 2.21. The summed E-state index contributed by atoms with van der Waals surface area (Å²) in [7, 11) is 0. The third-order valence-corrected chi connectivity index (χ3v) is 4.00. The van der Waals surface area contributed by atoms with Gasteiger partial charge in [0.2, 0.25) is 0 Å². The molecule has 0 radical (unpaired) electrons. The van der Waals surface area contributed by atoms with Crippen molar-refractivity contribution in [3.05, 3.63) is 57.3 Å². The van der Waals surface area contributed by atoms with Crippen molar-refractivity contribution >= 4 is 27.5 Å². The van der Waals surface area contributed by atoms with Gasteiger partial charge in [-0.2, -0.15) is 0 Å². The highest BCUT2D eigenvalue weighted by Gasteiger charge is 2.10. The molecule has 0 aliphatic heterocycles. The SMILES string of the molecule is CCNC(C)c1ccc(Oc2ccc(F)cc2Cl)c(Br)c1. The van der Waals surface area contributed by atoms with Gasteiger partial charge in [0.25, 0.3) is 0 Å². The van der Waals surface area contributed by atoms with Crippen molar-refractivity contribution in [2.45, 2.75) is 19.9 Å². The first kappa shape index (κ1) is 16.3. The molecule has 0 aromatic heterocycles. The summed E-state index contributed by atoms with van der Waals surface area (Å²) in [5.74, 6) is 0.670. The molecule has 0 bridgehead atoms. The number of hydrogen-bond acceptors (Lipinski definition) is 2.